The summed E-state index contributed by atoms with van der Waals surface area (Å²) < 4.78 is 0. The van der Waals surface area contributed by atoms with Gasteiger partial charge in [0.05, 0.1) is 0 Å². The van der Waals surface area contributed by atoms with Crippen LogP contribution in [0.3, 0.4) is 0 Å². The molecule has 0 radical (unpaired) electrons. The highest BCUT2D eigenvalue weighted by atomic mass is 35.5. The molecule has 0 heterocycles. The minimum Gasteiger partial charge on any atom is -0.276 e. The van der Waals surface area contributed by atoms with E-state index in [1.165, 1.54) is 0 Å². The molecule has 0 aromatic heterocycles. The number of allylic oxidation sites excluding steroid dienone is 2. The summed E-state index contributed by atoms with van der Waals surface area (Å²) in [6.45, 7) is 3.55. The second kappa shape index (κ2) is 4.63. The molecule has 0 amide bonds. The minimum absolute atomic E-state index is 0.440. The van der Waals surface area contributed by atoms with Crippen molar-refractivity contribution in [2.75, 3.05) is 0 Å². The molecule has 0 aliphatic heterocycles. The molecule has 1 aromatic carbocycles. The van der Waals surface area contributed by atoms with E-state index in [4.69, 9.17) is 11.6 Å². The number of carbonyl (C=O) groups is 1. The molecular formula is C11H9ClO. The summed E-state index contributed by atoms with van der Waals surface area (Å²) in [6, 6.07) is 7.15. The van der Waals surface area contributed by atoms with E-state index in [0.717, 1.165) is 5.56 Å². The Kier molecular flexibility index (Phi) is 3.47. The van der Waals surface area contributed by atoms with Gasteiger partial charge in [0.25, 0.3) is 5.24 Å². The van der Waals surface area contributed by atoms with Crippen LogP contribution in [0, 0.1) is 0 Å². The number of hydrogen-bond donors (Lipinski definition) is 0. The molecule has 2 heteroatoms. The zero-order chi connectivity index (χ0) is 9.68. The average Bonchev–Trinajstić information content (AvgIpc) is 2.15. The molecule has 1 nitrogen and oxygen atoms in total. The predicted octanol–water partition coefficient (Wildman–Crippen LogP) is 3.26. The van der Waals surface area contributed by atoms with Crippen molar-refractivity contribution in [3.8, 4) is 0 Å². The summed E-state index contributed by atoms with van der Waals surface area (Å²) in [4.78, 5) is 10.9. The fourth-order valence-corrected chi connectivity index (χ4v) is 1.17. The quantitative estimate of drug-likeness (QED) is 0.531. The zero-order valence-electron chi connectivity index (χ0n) is 7.03. The third kappa shape index (κ3) is 2.56. The summed E-state index contributed by atoms with van der Waals surface area (Å²) in [7, 11) is 0. The SMILES string of the molecule is C=CC=Cc1ccccc1C(=O)Cl. The Morgan fingerprint density at radius 2 is 2.08 bits per heavy atom. The minimum atomic E-state index is -0.440. The Balaban J connectivity index is 3.11. The second-order valence-electron chi connectivity index (χ2n) is 2.46. The van der Waals surface area contributed by atoms with Gasteiger partial charge in [0.1, 0.15) is 0 Å². The summed E-state index contributed by atoms with van der Waals surface area (Å²) in [6.07, 6.45) is 5.21. The first-order chi connectivity index (χ1) is 6.25. The van der Waals surface area contributed by atoms with Gasteiger partial charge in [-0.3, -0.25) is 4.79 Å². The number of carbonyl (C=O) groups excluding carboxylic acids is 1. The van der Waals surface area contributed by atoms with Gasteiger partial charge in [-0.2, -0.15) is 0 Å². The number of hydrogen-bond acceptors (Lipinski definition) is 1. The lowest BCUT2D eigenvalue weighted by molar-refractivity contribution is 0.108. The van der Waals surface area contributed by atoms with Crippen molar-refractivity contribution in [1.29, 1.82) is 0 Å². The van der Waals surface area contributed by atoms with Crippen molar-refractivity contribution >= 4 is 22.9 Å². The molecule has 0 aliphatic carbocycles. The molecule has 0 fully saturated rings. The van der Waals surface area contributed by atoms with E-state index in [2.05, 4.69) is 6.58 Å². The third-order valence-electron chi connectivity index (χ3n) is 1.58. The van der Waals surface area contributed by atoms with Crippen LogP contribution in [0.2, 0.25) is 0 Å². The summed E-state index contributed by atoms with van der Waals surface area (Å²) >= 11 is 5.39. The van der Waals surface area contributed by atoms with E-state index in [1.807, 2.05) is 12.1 Å². The molecule has 13 heavy (non-hydrogen) atoms. The van der Waals surface area contributed by atoms with Gasteiger partial charge in [-0.1, -0.05) is 43.0 Å². The molecule has 0 spiro atoms. The van der Waals surface area contributed by atoms with E-state index in [0.29, 0.717) is 5.56 Å². The molecule has 0 atom stereocenters. The van der Waals surface area contributed by atoms with Gasteiger partial charge in [0.15, 0.2) is 0 Å². The second-order valence-corrected chi connectivity index (χ2v) is 2.80. The largest absolute Gasteiger partial charge is 0.276 e. The highest BCUT2D eigenvalue weighted by Gasteiger charge is 2.04. The Hall–Kier alpha value is -1.34. The van der Waals surface area contributed by atoms with Gasteiger partial charge >= 0.3 is 0 Å². The highest BCUT2D eigenvalue weighted by Crippen LogP contribution is 2.12. The lowest BCUT2D eigenvalue weighted by Crippen LogP contribution is -1.91. The fourth-order valence-electron chi connectivity index (χ4n) is 0.993. The van der Waals surface area contributed by atoms with E-state index < -0.39 is 5.24 Å². The van der Waals surface area contributed by atoms with Gasteiger partial charge < -0.3 is 0 Å². The van der Waals surface area contributed by atoms with Crippen molar-refractivity contribution in [1.82, 2.24) is 0 Å². The molecule has 1 aromatic rings. The van der Waals surface area contributed by atoms with Crippen LogP contribution in [0.1, 0.15) is 15.9 Å². The summed E-state index contributed by atoms with van der Waals surface area (Å²) in [5.41, 5.74) is 1.32. The van der Waals surface area contributed by atoms with Crippen LogP contribution in [0.15, 0.2) is 43.0 Å². The van der Waals surface area contributed by atoms with Crippen LogP contribution >= 0.6 is 11.6 Å². The lowest BCUT2D eigenvalue weighted by Gasteiger charge is -1.98. The smallest absolute Gasteiger partial charge is 0.252 e. The lowest BCUT2D eigenvalue weighted by atomic mass is 10.1. The molecule has 0 bridgehead atoms. The maximum Gasteiger partial charge on any atom is 0.252 e. The molecule has 0 saturated heterocycles. The topological polar surface area (TPSA) is 17.1 Å². The van der Waals surface area contributed by atoms with Crippen LogP contribution in [0.4, 0.5) is 0 Å². The molecule has 1 rings (SSSR count). The molecule has 0 aliphatic rings. The Morgan fingerprint density at radius 3 is 2.69 bits per heavy atom. The molecule has 0 N–H and O–H groups in total. The van der Waals surface area contributed by atoms with Crippen LogP contribution in [-0.2, 0) is 0 Å². The van der Waals surface area contributed by atoms with Crippen LogP contribution in [-0.4, -0.2) is 5.24 Å². The van der Waals surface area contributed by atoms with Gasteiger partial charge in [-0.05, 0) is 23.2 Å². The van der Waals surface area contributed by atoms with Crippen molar-refractivity contribution in [3.63, 3.8) is 0 Å². The van der Waals surface area contributed by atoms with Crippen LogP contribution in [0.25, 0.3) is 6.08 Å². The summed E-state index contributed by atoms with van der Waals surface area (Å²) in [5.74, 6) is 0. The Labute approximate surface area is 82.3 Å². The first-order valence-electron chi connectivity index (χ1n) is 3.83. The zero-order valence-corrected chi connectivity index (χ0v) is 7.79. The highest BCUT2D eigenvalue weighted by molar-refractivity contribution is 6.68. The van der Waals surface area contributed by atoms with Gasteiger partial charge in [0, 0.05) is 5.56 Å². The van der Waals surface area contributed by atoms with Crippen molar-refractivity contribution < 1.29 is 4.79 Å². The monoisotopic (exact) mass is 192 g/mol. The van der Waals surface area contributed by atoms with E-state index in [-0.39, 0.29) is 0 Å². The van der Waals surface area contributed by atoms with E-state index in [9.17, 15) is 4.79 Å². The average molecular weight is 193 g/mol. The molecule has 66 valence electrons. The van der Waals surface area contributed by atoms with Crippen LogP contribution < -0.4 is 0 Å². The number of rotatable bonds is 3. The maximum atomic E-state index is 10.9. The fraction of sp³-hybridized carbons (Fsp3) is 0. The molecule has 0 saturated carbocycles. The number of halogens is 1. The standard InChI is InChI=1S/C11H9ClO/c1-2-3-6-9-7-4-5-8-10(9)11(12)13/h2-8H,1H2. The predicted molar refractivity (Wildman–Crippen MR) is 55.9 cm³/mol. The van der Waals surface area contributed by atoms with Crippen LogP contribution in [0.5, 0.6) is 0 Å². The van der Waals surface area contributed by atoms with E-state index >= 15 is 0 Å². The molecular weight excluding hydrogens is 184 g/mol. The normalized spacial score (nSPS) is 10.2. The number of benzene rings is 1. The van der Waals surface area contributed by atoms with Gasteiger partial charge in [0.2, 0.25) is 0 Å². The summed E-state index contributed by atoms with van der Waals surface area (Å²) in [5, 5.41) is -0.440. The van der Waals surface area contributed by atoms with Crippen molar-refractivity contribution in [3.05, 3.63) is 54.1 Å². The van der Waals surface area contributed by atoms with Gasteiger partial charge in [-0.25, -0.2) is 0 Å². The Bertz CT molecular complexity index is 353. The first-order valence-corrected chi connectivity index (χ1v) is 4.21. The third-order valence-corrected chi connectivity index (χ3v) is 1.79. The van der Waals surface area contributed by atoms with Gasteiger partial charge in [-0.15, -0.1) is 0 Å². The van der Waals surface area contributed by atoms with Crippen molar-refractivity contribution in [2.24, 2.45) is 0 Å². The first kappa shape index (κ1) is 9.75. The maximum absolute atomic E-state index is 10.9. The van der Waals surface area contributed by atoms with E-state index in [1.54, 1.807) is 30.4 Å². The molecule has 0 unspecified atom stereocenters. The Morgan fingerprint density at radius 1 is 1.38 bits per heavy atom. The van der Waals surface area contributed by atoms with Crippen molar-refractivity contribution in [2.45, 2.75) is 0 Å².